The van der Waals surface area contributed by atoms with Crippen LogP contribution in [0.1, 0.15) is 12.8 Å². The Hall–Kier alpha value is -1.66. The van der Waals surface area contributed by atoms with Gasteiger partial charge in [-0.3, -0.25) is 5.43 Å². The molecule has 0 aromatic heterocycles. The normalized spacial score (nSPS) is 15.1. The van der Waals surface area contributed by atoms with Gasteiger partial charge < -0.3 is 14.8 Å². The van der Waals surface area contributed by atoms with Gasteiger partial charge in [0.2, 0.25) is 5.96 Å². The summed E-state index contributed by atoms with van der Waals surface area (Å²) in [6.07, 6.45) is 2.18. The molecule has 7 heteroatoms. The third-order valence-electron chi connectivity index (χ3n) is 2.72. The molecule has 1 saturated carbocycles. The smallest absolute Gasteiger partial charge is 0.210 e. The zero-order valence-corrected chi connectivity index (χ0v) is 11.6. The lowest BCUT2D eigenvalue weighted by atomic mass is 10.2. The number of benzene rings is 1. The number of ether oxygens (including phenoxy) is 2. The fourth-order valence-electron chi connectivity index (χ4n) is 1.58. The second-order valence-corrected chi connectivity index (χ2v) is 4.57. The van der Waals surface area contributed by atoms with Gasteiger partial charge in [0.15, 0.2) is 0 Å². The lowest BCUT2D eigenvalue weighted by Crippen LogP contribution is -2.36. The van der Waals surface area contributed by atoms with Crippen LogP contribution in [0.2, 0.25) is 5.02 Å². The summed E-state index contributed by atoms with van der Waals surface area (Å²) in [5.41, 5.74) is 3.22. The fraction of sp³-hybridized carbons (Fsp3) is 0.417. The number of anilines is 1. The van der Waals surface area contributed by atoms with Crippen molar-refractivity contribution in [3.8, 4) is 11.5 Å². The molecule has 19 heavy (non-hydrogen) atoms. The van der Waals surface area contributed by atoms with Crippen molar-refractivity contribution in [1.29, 1.82) is 0 Å². The van der Waals surface area contributed by atoms with Crippen LogP contribution in [0.15, 0.2) is 17.1 Å². The van der Waals surface area contributed by atoms with Gasteiger partial charge in [-0.05, 0) is 12.8 Å². The molecular weight excluding hydrogens is 268 g/mol. The highest BCUT2D eigenvalue weighted by Crippen LogP contribution is 2.36. The minimum absolute atomic E-state index is 0.346. The van der Waals surface area contributed by atoms with E-state index in [2.05, 4.69) is 15.7 Å². The van der Waals surface area contributed by atoms with Gasteiger partial charge in [-0.2, -0.15) is 0 Å². The summed E-state index contributed by atoms with van der Waals surface area (Å²) < 4.78 is 10.4. The maximum atomic E-state index is 6.04. The van der Waals surface area contributed by atoms with Crippen molar-refractivity contribution >= 4 is 23.2 Å². The van der Waals surface area contributed by atoms with Crippen LogP contribution in [0.4, 0.5) is 5.69 Å². The second kappa shape index (κ2) is 5.99. The predicted octanol–water partition coefficient (Wildman–Crippen LogP) is 1.75. The van der Waals surface area contributed by atoms with E-state index in [0.717, 1.165) is 12.8 Å². The molecule has 1 aliphatic carbocycles. The van der Waals surface area contributed by atoms with Crippen LogP contribution >= 0.6 is 11.6 Å². The van der Waals surface area contributed by atoms with E-state index in [0.29, 0.717) is 34.2 Å². The molecule has 0 atom stereocenters. The number of nitrogens with two attached hydrogens (primary N) is 1. The fourth-order valence-corrected chi connectivity index (χ4v) is 1.81. The number of hydrogen-bond acceptors (Lipinski definition) is 4. The molecule has 0 radical (unpaired) electrons. The van der Waals surface area contributed by atoms with E-state index in [-0.39, 0.29) is 0 Å². The number of rotatable bonds is 4. The minimum Gasteiger partial charge on any atom is -0.495 e. The Kier molecular flexibility index (Phi) is 4.34. The van der Waals surface area contributed by atoms with E-state index in [4.69, 9.17) is 26.9 Å². The van der Waals surface area contributed by atoms with Gasteiger partial charge in [0.05, 0.1) is 31.0 Å². The lowest BCUT2D eigenvalue weighted by Gasteiger charge is -2.14. The zero-order chi connectivity index (χ0) is 13.8. The molecule has 0 unspecified atom stereocenters. The second-order valence-electron chi connectivity index (χ2n) is 4.17. The Morgan fingerprint density at radius 2 is 2.00 bits per heavy atom. The monoisotopic (exact) mass is 284 g/mol. The number of guanidine groups is 1. The van der Waals surface area contributed by atoms with Crippen LogP contribution in [0.5, 0.6) is 11.5 Å². The maximum Gasteiger partial charge on any atom is 0.210 e. The summed E-state index contributed by atoms with van der Waals surface area (Å²) in [4.78, 5) is 4.40. The van der Waals surface area contributed by atoms with E-state index in [1.807, 2.05) is 0 Å². The third kappa shape index (κ3) is 3.42. The van der Waals surface area contributed by atoms with Gasteiger partial charge >= 0.3 is 0 Å². The predicted molar refractivity (Wildman–Crippen MR) is 76.0 cm³/mol. The largest absolute Gasteiger partial charge is 0.495 e. The van der Waals surface area contributed by atoms with Gasteiger partial charge in [-0.25, -0.2) is 10.8 Å². The summed E-state index contributed by atoms with van der Waals surface area (Å²) in [5.74, 6) is 7.07. The highest BCUT2D eigenvalue weighted by atomic mass is 35.5. The topological polar surface area (TPSA) is 80.9 Å². The Labute approximate surface area is 116 Å². The van der Waals surface area contributed by atoms with Crippen LogP contribution in [0.3, 0.4) is 0 Å². The molecule has 4 N–H and O–H groups in total. The first-order valence-electron chi connectivity index (χ1n) is 5.91. The summed E-state index contributed by atoms with van der Waals surface area (Å²) >= 11 is 6.04. The van der Waals surface area contributed by atoms with Gasteiger partial charge in [-0.1, -0.05) is 11.6 Å². The van der Waals surface area contributed by atoms with Crippen LogP contribution in [-0.2, 0) is 0 Å². The summed E-state index contributed by atoms with van der Waals surface area (Å²) in [6, 6.07) is 3.76. The van der Waals surface area contributed by atoms with E-state index in [1.165, 1.54) is 0 Å². The van der Waals surface area contributed by atoms with E-state index in [9.17, 15) is 0 Å². The SMILES string of the molecule is COc1cc(NC(=NC2CC2)NN)c(OC)cc1Cl. The summed E-state index contributed by atoms with van der Waals surface area (Å²) in [6.45, 7) is 0. The van der Waals surface area contributed by atoms with Crippen LogP contribution in [0, 0.1) is 0 Å². The molecule has 1 aliphatic rings. The number of halogens is 1. The molecule has 0 spiro atoms. The van der Waals surface area contributed by atoms with Gasteiger partial charge in [0.1, 0.15) is 11.5 Å². The van der Waals surface area contributed by atoms with Gasteiger partial charge in [0, 0.05) is 12.1 Å². The molecule has 1 aromatic rings. The first kappa shape index (κ1) is 13.8. The standard InChI is InChI=1S/C12H17ClN4O2/c1-18-10-6-9(11(19-2)5-8(10)13)16-12(17-14)15-7-3-4-7/h5-7H,3-4,14H2,1-2H3,(H2,15,16,17). The molecule has 1 fully saturated rings. The third-order valence-corrected chi connectivity index (χ3v) is 3.02. The van der Waals surface area contributed by atoms with Crippen LogP contribution in [-0.4, -0.2) is 26.2 Å². The quantitative estimate of drug-likeness (QED) is 0.340. The number of hydrogen-bond donors (Lipinski definition) is 3. The molecule has 1 aromatic carbocycles. The molecule has 0 amide bonds. The van der Waals surface area contributed by atoms with Crippen molar-refractivity contribution in [2.75, 3.05) is 19.5 Å². The van der Waals surface area contributed by atoms with E-state index < -0.39 is 0 Å². The molecule has 0 bridgehead atoms. The first-order valence-corrected chi connectivity index (χ1v) is 6.28. The average molecular weight is 285 g/mol. The maximum absolute atomic E-state index is 6.04. The molecule has 0 saturated heterocycles. The average Bonchev–Trinajstić information content (AvgIpc) is 3.23. The molecular formula is C12H17ClN4O2. The van der Waals surface area contributed by atoms with Crippen LogP contribution in [0.25, 0.3) is 0 Å². The lowest BCUT2D eigenvalue weighted by molar-refractivity contribution is 0.405. The van der Waals surface area contributed by atoms with Crippen molar-refractivity contribution in [1.82, 2.24) is 5.43 Å². The number of nitrogens with one attached hydrogen (secondary N) is 2. The molecule has 0 aliphatic heterocycles. The molecule has 104 valence electrons. The molecule has 2 rings (SSSR count). The van der Waals surface area contributed by atoms with Crippen molar-refractivity contribution in [3.05, 3.63) is 17.2 Å². The van der Waals surface area contributed by atoms with Crippen molar-refractivity contribution in [2.45, 2.75) is 18.9 Å². The van der Waals surface area contributed by atoms with E-state index >= 15 is 0 Å². The highest BCUT2D eigenvalue weighted by molar-refractivity contribution is 6.32. The molecule has 0 heterocycles. The Morgan fingerprint density at radius 1 is 1.32 bits per heavy atom. The number of hydrazine groups is 1. The van der Waals surface area contributed by atoms with Crippen molar-refractivity contribution in [2.24, 2.45) is 10.8 Å². The van der Waals surface area contributed by atoms with Gasteiger partial charge in [0.25, 0.3) is 0 Å². The van der Waals surface area contributed by atoms with E-state index in [1.54, 1.807) is 26.4 Å². The number of aliphatic imine (C=N–C) groups is 1. The zero-order valence-electron chi connectivity index (χ0n) is 10.9. The Morgan fingerprint density at radius 3 is 2.53 bits per heavy atom. The highest BCUT2D eigenvalue weighted by Gasteiger charge is 2.21. The first-order chi connectivity index (χ1) is 9.17. The Balaban J connectivity index is 2.26. The van der Waals surface area contributed by atoms with Crippen molar-refractivity contribution in [3.63, 3.8) is 0 Å². The summed E-state index contributed by atoms with van der Waals surface area (Å²) in [7, 11) is 3.12. The number of methoxy groups -OCH3 is 2. The number of nitrogens with zero attached hydrogens (tertiary/aromatic N) is 1. The van der Waals surface area contributed by atoms with Crippen molar-refractivity contribution < 1.29 is 9.47 Å². The van der Waals surface area contributed by atoms with Crippen LogP contribution < -0.4 is 26.1 Å². The van der Waals surface area contributed by atoms with Gasteiger partial charge in [-0.15, -0.1) is 0 Å². The minimum atomic E-state index is 0.346. The molecule has 6 nitrogen and oxygen atoms in total. The summed E-state index contributed by atoms with van der Waals surface area (Å²) in [5, 5.41) is 3.55. The Bertz CT molecular complexity index is 489.